The van der Waals surface area contributed by atoms with E-state index in [4.69, 9.17) is 33.2 Å². The van der Waals surface area contributed by atoms with Gasteiger partial charge in [-0.3, -0.25) is 4.79 Å². The largest absolute Gasteiger partial charge is 0.494 e. The van der Waals surface area contributed by atoms with Gasteiger partial charge in [-0.2, -0.15) is 0 Å². The van der Waals surface area contributed by atoms with E-state index in [9.17, 15) is 24.0 Å². The fourth-order valence-electron chi connectivity index (χ4n) is 4.88. The van der Waals surface area contributed by atoms with Gasteiger partial charge in [-0.15, -0.1) is 0 Å². The zero-order valence-electron chi connectivity index (χ0n) is 29.8. The SMILES string of the molecule is C=CC(=O)OCCCCCCOc1ccc2cc(OCOc3ccc(OC(=O)c4ccc(OC(=O)C=C)c(OC(=O)C=C)c4)c(C(=O)CC)c3)ccc2c1. The molecule has 0 aromatic heterocycles. The maximum atomic E-state index is 13.1. The van der Waals surface area contributed by atoms with Crippen LogP contribution in [0.5, 0.6) is 34.5 Å². The molecule has 0 aliphatic heterocycles. The number of ketones is 1. The number of benzene rings is 4. The van der Waals surface area contributed by atoms with E-state index in [0.717, 1.165) is 66.5 Å². The molecule has 0 N–H and O–H groups in total. The Balaban J connectivity index is 1.33. The van der Waals surface area contributed by atoms with Crippen molar-refractivity contribution in [3.05, 3.63) is 122 Å². The van der Waals surface area contributed by atoms with Gasteiger partial charge in [0.2, 0.25) is 6.79 Å². The van der Waals surface area contributed by atoms with Crippen LogP contribution in [0.15, 0.2) is 111 Å². The van der Waals surface area contributed by atoms with E-state index < -0.39 is 23.9 Å². The molecule has 12 nitrogen and oxygen atoms in total. The van der Waals surface area contributed by atoms with Crippen molar-refractivity contribution in [2.45, 2.75) is 39.0 Å². The molecule has 0 amide bonds. The zero-order valence-corrected chi connectivity index (χ0v) is 29.8. The van der Waals surface area contributed by atoms with Crippen LogP contribution in [0.2, 0.25) is 0 Å². The lowest BCUT2D eigenvalue weighted by atomic mass is 10.1. The molecule has 12 heteroatoms. The second kappa shape index (κ2) is 20.4. The molecule has 54 heavy (non-hydrogen) atoms. The zero-order chi connectivity index (χ0) is 38.9. The predicted octanol–water partition coefficient (Wildman–Crippen LogP) is 7.92. The summed E-state index contributed by atoms with van der Waals surface area (Å²) in [7, 11) is 0. The van der Waals surface area contributed by atoms with Crippen LogP contribution >= 0.6 is 0 Å². The number of rotatable bonds is 21. The minimum atomic E-state index is -0.873. The molecule has 0 fully saturated rings. The maximum absolute atomic E-state index is 13.1. The van der Waals surface area contributed by atoms with Gasteiger partial charge in [-0.1, -0.05) is 38.8 Å². The Bertz CT molecular complexity index is 2030. The predicted molar refractivity (Wildman–Crippen MR) is 199 cm³/mol. The maximum Gasteiger partial charge on any atom is 0.343 e. The highest BCUT2D eigenvalue weighted by atomic mass is 16.7. The minimum absolute atomic E-state index is 0.0199. The molecule has 280 valence electrons. The van der Waals surface area contributed by atoms with Crippen LogP contribution in [-0.2, 0) is 19.1 Å². The second-order valence-electron chi connectivity index (χ2n) is 11.4. The Labute approximate surface area is 312 Å². The molecule has 0 unspecified atom stereocenters. The van der Waals surface area contributed by atoms with Crippen LogP contribution < -0.4 is 28.4 Å². The van der Waals surface area contributed by atoms with Crippen molar-refractivity contribution in [1.29, 1.82) is 0 Å². The van der Waals surface area contributed by atoms with Crippen LogP contribution in [-0.4, -0.2) is 49.7 Å². The number of fused-ring (bicyclic) bond motifs is 1. The van der Waals surface area contributed by atoms with Gasteiger partial charge in [0.25, 0.3) is 0 Å². The number of carbonyl (C=O) groups is 5. The fraction of sp³-hybridized carbons (Fsp3) is 0.214. The van der Waals surface area contributed by atoms with E-state index in [0.29, 0.717) is 24.7 Å². The normalized spacial score (nSPS) is 10.4. The summed E-state index contributed by atoms with van der Waals surface area (Å²) in [5.41, 5.74) is 0.0467. The lowest BCUT2D eigenvalue weighted by Crippen LogP contribution is -2.14. The Morgan fingerprint density at radius 2 is 1.11 bits per heavy atom. The molecule has 0 aliphatic carbocycles. The summed E-state index contributed by atoms with van der Waals surface area (Å²) < 4.78 is 38.3. The minimum Gasteiger partial charge on any atom is -0.494 e. The quantitative estimate of drug-likeness (QED) is 0.0204. The standard InChI is InChI=1S/C42H40O12/c1-5-35(43)34-26-33(18-20-36(34)54-42(47)30-15-19-37(52-40(45)7-3)38(25-30)53-41(46)8-4)51-27-50-32-17-14-28-23-31(16-13-29(28)24-32)48-21-11-9-10-12-22-49-39(44)6-2/h6-8,13-20,23-26H,2-5,9-12,21-22,27H2,1H3. The van der Waals surface area contributed by atoms with E-state index >= 15 is 0 Å². The third-order valence-corrected chi connectivity index (χ3v) is 7.66. The summed E-state index contributed by atoms with van der Waals surface area (Å²) in [6.07, 6.45) is 6.68. The number of esters is 4. The van der Waals surface area contributed by atoms with E-state index in [1.54, 1.807) is 6.92 Å². The summed E-state index contributed by atoms with van der Waals surface area (Å²) in [4.78, 5) is 60.6. The summed E-state index contributed by atoms with van der Waals surface area (Å²) in [5, 5.41) is 1.91. The first-order chi connectivity index (χ1) is 26.1. The van der Waals surface area contributed by atoms with Crippen molar-refractivity contribution in [2.75, 3.05) is 20.0 Å². The Morgan fingerprint density at radius 1 is 0.556 bits per heavy atom. The van der Waals surface area contributed by atoms with Crippen LogP contribution in [0, 0.1) is 0 Å². The highest BCUT2D eigenvalue weighted by Crippen LogP contribution is 2.32. The molecule has 4 aromatic rings. The molecule has 0 saturated carbocycles. The molecule has 0 atom stereocenters. The Hall–Kier alpha value is -6.69. The Morgan fingerprint density at radius 3 is 1.74 bits per heavy atom. The van der Waals surface area contributed by atoms with Crippen molar-refractivity contribution in [3.63, 3.8) is 0 Å². The van der Waals surface area contributed by atoms with Gasteiger partial charge in [0.15, 0.2) is 17.3 Å². The first kappa shape index (κ1) is 40.1. The highest BCUT2D eigenvalue weighted by molar-refractivity contribution is 6.01. The second-order valence-corrected chi connectivity index (χ2v) is 11.4. The fourth-order valence-corrected chi connectivity index (χ4v) is 4.88. The van der Waals surface area contributed by atoms with Crippen molar-refractivity contribution in [1.82, 2.24) is 0 Å². The first-order valence-corrected chi connectivity index (χ1v) is 17.1. The van der Waals surface area contributed by atoms with Gasteiger partial charge in [0, 0.05) is 24.6 Å². The molecule has 0 radical (unpaired) electrons. The molecular weight excluding hydrogens is 696 g/mol. The van der Waals surface area contributed by atoms with Crippen molar-refractivity contribution in [3.8, 4) is 34.5 Å². The first-order valence-electron chi connectivity index (χ1n) is 17.1. The van der Waals surface area contributed by atoms with E-state index in [-0.39, 0.29) is 47.4 Å². The van der Waals surface area contributed by atoms with Gasteiger partial charge >= 0.3 is 23.9 Å². The smallest absolute Gasteiger partial charge is 0.343 e. The lowest BCUT2D eigenvalue weighted by Gasteiger charge is -2.14. The topological polar surface area (TPSA) is 150 Å². The summed E-state index contributed by atoms with van der Waals surface area (Å²) >= 11 is 0. The van der Waals surface area contributed by atoms with Gasteiger partial charge in [0.05, 0.1) is 24.3 Å². The highest BCUT2D eigenvalue weighted by Gasteiger charge is 2.20. The van der Waals surface area contributed by atoms with Crippen molar-refractivity contribution < 1.29 is 57.1 Å². The molecule has 0 bridgehead atoms. The van der Waals surface area contributed by atoms with Crippen LogP contribution in [0.4, 0.5) is 0 Å². The third-order valence-electron chi connectivity index (χ3n) is 7.66. The molecule has 4 aromatic carbocycles. The number of ether oxygens (including phenoxy) is 7. The van der Waals surface area contributed by atoms with Gasteiger partial charge < -0.3 is 33.2 Å². The average Bonchev–Trinajstić information content (AvgIpc) is 3.19. The molecule has 4 rings (SSSR count). The number of unbranched alkanes of at least 4 members (excludes halogenated alkanes) is 3. The number of hydrogen-bond donors (Lipinski definition) is 0. The summed E-state index contributed by atoms with van der Waals surface area (Å²) in [6.45, 7) is 12.5. The van der Waals surface area contributed by atoms with Crippen molar-refractivity contribution in [2.24, 2.45) is 0 Å². The van der Waals surface area contributed by atoms with Gasteiger partial charge in [-0.25, -0.2) is 19.2 Å². The van der Waals surface area contributed by atoms with Gasteiger partial charge in [-0.05, 0) is 97.1 Å². The Kier molecular flexibility index (Phi) is 15.1. The summed E-state index contributed by atoms with van der Waals surface area (Å²) in [6, 6.07) is 19.5. The molecule has 0 spiro atoms. The lowest BCUT2D eigenvalue weighted by molar-refractivity contribution is -0.138. The molecule has 0 heterocycles. The number of carbonyl (C=O) groups excluding carboxylic acids is 5. The van der Waals surface area contributed by atoms with Crippen LogP contribution in [0.1, 0.15) is 59.7 Å². The van der Waals surface area contributed by atoms with Crippen molar-refractivity contribution >= 4 is 40.4 Å². The molecular formula is C42H40O12. The summed E-state index contributed by atoms with van der Waals surface area (Å²) in [5.74, 6) is -2.01. The monoisotopic (exact) mass is 736 g/mol. The van der Waals surface area contributed by atoms with E-state index in [1.165, 1.54) is 30.3 Å². The third kappa shape index (κ3) is 11.9. The average molecular weight is 737 g/mol. The van der Waals surface area contributed by atoms with Crippen LogP contribution in [0.25, 0.3) is 10.8 Å². The van der Waals surface area contributed by atoms with E-state index in [1.807, 2.05) is 36.4 Å². The number of Topliss-reactive ketones (excluding diaryl/α,β-unsaturated/α-hetero) is 1. The molecule has 0 aliphatic rings. The van der Waals surface area contributed by atoms with Gasteiger partial charge in [0.1, 0.15) is 23.0 Å². The number of hydrogen-bond acceptors (Lipinski definition) is 12. The molecule has 0 saturated heterocycles. The van der Waals surface area contributed by atoms with E-state index in [2.05, 4.69) is 19.7 Å². The van der Waals surface area contributed by atoms with Crippen LogP contribution in [0.3, 0.4) is 0 Å².